The van der Waals surface area contributed by atoms with Gasteiger partial charge in [-0.25, -0.2) is 4.79 Å². The molecule has 8 heteroatoms. The fourth-order valence-electron chi connectivity index (χ4n) is 3.05. The van der Waals surface area contributed by atoms with Crippen LogP contribution in [-0.2, 0) is 19.1 Å². The van der Waals surface area contributed by atoms with Gasteiger partial charge in [-0.3, -0.25) is 14.4 Å². The van der Waals surface area contributed by atoms with Crippen LogP contribution in [0.4, 0.5) is 5.69 Å². The molecule has 3 rings (SSSR count). The van der Waals surface area contributed by atoms with Crippen LogP contribution in [0.15, 0.2) is 41.8 Å². The summed E-state index contributed by atoms with van der Waals surface area (Å²) in [5.74, 6) is -2.07. The van der Waals surface area contributed by atoms with E-state index in [1.807, 2.05) is 6.92 Å². The van der Waals surface area contributed by atoms with Crippen molar-refractivity contribution in [2.24, 2.45) is 5.92 Å². The van der Waals surface area contributed by atoms with Crippen LogP contribution in [0.3, 0.4) is 0 Å². The number of benzene rings is 1. The Morgan fingerprint density at radius 3 is 2.57 bits per heavy atom. The van der Waals surface area contributed by atoms with Crippen molar-refractivity contribution in [1.82, 2.24) is 0 Å². The summed E-state index contributed by atoms with van der Waals surface area (Å²) in [7, 11) is 0. The maximum absolute atomic E-state index is 12.4. The van der Waals surface area contributed by atoms with Gasteiger partial charge >= 0.3 is 11.9 Å². The molecule has 30 heavy (non-hydrogen) atoms. The summed E-state index contributed by atoms with van der Waals surface area (Å²) in [5.41, 5.74) is 1.000. The second kappa shape index (κ2) is 10.2. The zero-order valence-electron chi connectivity index (χ0n) is 16.7. The number of anilines is 1. The molecule has 0 N–H and O–H groups in total. The number of nitrogens with zero attached hydrogens (tertiary/aromatic N) is 1. The Morgan fingerprint density at radius 1 is 1.13 bits per heavy atom. The van der Waals surface area contributed by atoms with E-state index in [1.165, 1.54) is 16.2 Å². The highest BCUT2D eigenvalue weighted by Gasteiger charge is 2.36. The van der Waals surface area contributed by atoms with Crippen LogP contribution in [-0.4, -0.2) is 43.4 Å². The van der Waals surface area contributed by atoms with E-state index in [-0.39, 0.29) is 31.3 Å². The van der Waals surface area contributed by atoms with Gasteiger partial charge in [0.1, 0.15) is 0 Å². The number of esters is 2. The summed E-state index contributed by atoms with van der Waals surface area (Å²) in [5, 5.41) is 1.78. The third kappa shape index (κ3) is 5.33. The molecule has 158 valence electrons. The molecule has 0 unspecified atom stereocenters. The third-order valence-corrected chi connectivity index (χ3v) is 5.66. The lowest BCUT2D eigenvalue weighted by molar-refractivity contribution is -0.147. The first-order valence-electron chi connectivity index (χ1n) is 9.80. The van der Waals surface area contributed by atoms with Gasteiger partial charge in [-0.15, -0.1) is 11.3 Å². The highest BCUT2D eigenvalue weighted by atomic mass is 32.1. The predicted molar refractivity (Wildman–Crippen MR) is 112 cm³/mol. The largest absolute Gasteiger partial charge is 0.462 e. The molecule has 0 aliphatic carbocycles. The van der Waals surface area contributed by atoms with Crippen LogP contribution in [0.1, 0.15) is 46.2 Å². The molecule has 1 aliphatic rings. The number of ketones is 1. The van der Waals surface area contributed by atoms with Crippen molar-refractivity contribution in [2.45, 2.75) is 26.2 Å². The molecule has 0 bridgehead atoms. The zero-order valence-corrected chi connectivity index (χ0v) is 17.5. The number of rotatable bonds is 9. The van der Waals surface area contributed by atoms with Gasteiger partial charge in [0, 0.05) is 18.7 Å². The topological polar surface area (TPSA) is 90.0 Å². The summed E-state index contributed by atoms with van der Waals surface area (Å²) in [6, 6.07) is 9.93. The van der Waals surface area contributed by atoms with Crippen LogP contribution in [0.2, 0.25) is 0 Å². The van der Waals surface area contributed by atoms with E-state index in [1.54, 1.807) is 41.8 Å². The van der Waals surface area contributed by atoms with E-state index >= 15 is 0 Å². The minimum atomic E-state index is -0.632. The van der Waals surface area contributed by atoms with Crippen molar-refractivity contribution < 1.29 is 28.7 Å². The standard InChI is InChI=1S/C22H23NO6S/c1-2-3-10-28-21(26)15-6-8-17(9-7-15)23-13-16(12-20(23)25)22(27)29-14-18(24)19-5-4-11-30-19/h4-9,11,16H,2-3,10,12-14H2,1H3/t16-/m1/s1. The van der Waals surface area contributed by atoms with E-state index < -0.39 is 17.9 Å². The van der Waals surface area contributed by atoms with Gasteiger partial charge in [-0.05, 0) is 42.1 Å². The third-order valence-electron chi connectivity index (χ3n) is 4.75. The van der Waals surface area contributed by atoms with Crippen LogP contribution >= 0.6 is 11.3 Å². The predicted octanol–water partition coefficient (Wildman–Crippen LogP) is 3.48. The van der Waals surface area contributed by atoms with Gasteiger partial charge in [0.05, 0.1) is 23.0 Å². The molecule has 2 aromatic rings. The molecule has 1 aliphatic heterocycles. The maximum atomic E-state index is 12.4. The Bertz CT molecular complexity index is 906. The second-order valence-electron chi connectivity index (χ2n) is 6.95. The average Bonchev–Trinajstić information content (AvgIpc) is 3.42. The lowest BCUT2D eigenvalue weighted by Gasteiger charge is -2.17. The van der Waals surface area contributed by atoms with E-state index in [2.05, 4.69) is 0 Å². The number of carbonyl (C=O) groups excluding carboxylic acids is 4. The molecule has 0 saturated carbocycles. The molecule has 1 atom stereocenters. The van der Waals surface area contributed by atoms with Gasteiger partial charge in [-0.2, -0.15) is 0 Å². The van der Waals surface area contributed by atoms with Gasteiger partial charge in [0.25, 0.3) is 0 Å². The number of hydrogen-bond donors (Lipinski definition) is 0. The number of thiophene rings is 1. The maximum Gasteiger partial charge on any atom is 0.338 e. The van der Waals surface area contributed by atoms with Gasteiger partial charge in [-0.1, -0.05) is 19.4 Å². The fraction of sp³-hybridized carbons (Fsp3) is 0.364. The Labute approximate surface area is 178 Å². The van der Waals surface area contributed by atoms with Crippen molar-refractivity contribution in [1.29, 1.82) is 0 Å². The van der Waals surface area contributed by atoms with Crippen LogP contribution in [0.25, 0.3) is 0 Å². The summed E-state index contributed by atoms with van der Waals surface area (Å²) in [4.78, 5) is 50.6. The van der Waals surface area contributed by atoms with E-state index in [0.717, 1.165) is 12.8 Å². The van der Waals surface area contributed by atoms with Crippen molar-refractivity contribution in [3.8, 4) is 0 Å². The van der Waals surface area contributed by atoms with Crippen LogP contribution < -0.4 is 4.90 Å². The minimum absolute atomic E-state index is 0.0207. The lowest BCUT2D eigenvalue weighted by Crippen LogP contribution is -2.27. The smallest absolute Gasteiger partial charge is 0.338 e. The van der Waals surface area contributed by atoms with Crippen LogP contribution in [0, 0.1) is 5.92 Å². The summed E-state index contributed by atoms with van der Waals surface area (Å²) in [6.07, 6.45) is 1.77. The number of amides is 1. The van der Waals surface area contributed by atoms with E-state index in [4.69, 9.17) is 9.47 Å². The molecule has 1 amide bonds. The number of unbranched alkanes of at least 4 members (excludes halogenated alkanes) is 1. The molecule has 1 saturated heterocycles. The van der Waals surface area contributed by atoms with Crippen molar-refractivity contribution in [3.63, 3.8) is 0 Å². The molecular formula is C22H23NO6S. The normalized spacial score (nSPS) is 15.8. The molecule has 2 heterocycles. The quantitative estimate of drug-likeness (QED) is 0.344. The van der Waals surface area contributed by atoms with Crippen molar-refractivity contribution >= 4 is 40.7 Å². The molecule has 0 spiro atoms. The zero-order chi connectivity index (χ0) is 21.5. The average molecular weight is 429 g/mol. The van der Waals surface area contributed by atoms with Crippen molar-refractivity contribution in [2.75, 3.05) is 24.7 Å². The Kier molecular flexibility index (Phi) is 7.35. The Balaban J connectivity index is 1.54. The minimum Gasteiger partial charge on any atom is -0.462 e. The first-order valence-corrected chi connectivity index (χ1v) is 10.7. The van der Waals surface area contributed by atoms with Gasteiger partial charge in [0.15, 0.2) is 6.61 Å². The molecule has 7 nitrogen and oxygen atoms in total. The SMILES string of the molecule is CCCCOC(=O)c1ccc(N2C[C@H](C(=O)OCC(=O)c3cccs3)CC2=O)cc1. The molecule has 0 radical (unpaired) electrons. The second-order valence-corrected chi connectivity index (χ2v) is 7.90. The summed E-state index contributed by atoms with van der Waals surface area (Å²) in [6.45, 7) is 2.23. The lowest BCUT2D eigenvalue weighted by atomic mass is 10.1. The number of ether oxygens (including phenoxy) is 2. The molecule has 1 aromatic carbocycles. The molecule has 1 aromatic heterocycles. The fourth-order valence-corrected chi connectivity index (χ4v) is 3.70. The Hall–Kier alpha value is -3.00. The van der Waals surface area contributed by atoms with Crippen LogP contribution in [0.5, 0.6) is 0 Å². The van der Waals surface area contributed by atoms with Gasteiger partial charge in [0.2, 0.25) is 11.7 Å². The highest BCUT2D eigenvalue weighted by Crippen LogP contribution is 2.26. The van der Waals surface area contributed by atoms with Crippen molar-refractivity contribution in [3.05, 3.63) is 52.2 Å². The van der Waals surface area contributed by atoms with E-state index in [0.29, 0.717) is 22.7 Å². The number of Topliss-reactive ketones (excluding diaryl/α,β-unsaturated/α-hetero) is 1. The number of carbonyl (C=O) groups is 4. The Morgan fingerprint density at radius 2 is 1.90 bits per heavy atom. The van der Waals surface area contributed by atoms with Gasteiger partial charge < -0.3 is 14.4 Å². The first kappa shape index (κ1) is 21.7. The first-order chi connectivity index (χ1) is 14.5. The monoisotopic (exact) mass is 429 g/mol. The number of hydrogen-bond acceptors (Lipinski definition) is 7. The molecule has 1 fully saturated rings. The van der Waals surface area contributed by atoms with E-state index in [9.17, 15) is 19.2 Å². The summed E-state index contributed by atoms with van der Waals surface area (Å²) >= 11 is 1.29. The highest BCUT2D eigenvalue weighted by molar-refractivity contribution is 7.12. The summed E-state index contributed by atoms with van der Waals surface area (Å²) < 4.78 is 10.3. The molecular weight excluding hydrogens is 406 g/mol.